The zero-order valence-electron chi connectivity index (χ0n) is 17.3. The van der Waals surface area contributed by atoms with Gasteiger partial charge in [-0.3, -0.25) is 9.69 Å². The molecule has 4 rings (SSSR count). The summed E-state index contributed by atoms with van der Waals surface area (Å²) in [4.78, 5) is 17.3. The number of rotatable bonds is 6. The van der Waals surface area contributed by atoms with Gasteiger partial charge in [0.15, 0.2) is 0 Å². The van der Waals surface area contributed by atoms with E-state index in [4.69, 9.17) is 4.74 Å². The van der Waals surface area contributed by atoms with Crippen LogP contribution in [-0.2, 0) is 17.9 Å². The van der Waals surface area contributed by atoms with Crippen molar-refractivity contribution in [3.63, 3.8) is 0 Å². The molecular formula is C25H32N2O2. The average Bonchev–Trinajstić information content (AvgIpc) is 2.79. The first-order valence-corrected chi connectivity index (χ1v) is 11.0. The molecule has 29 heavy (non-hydrogen) atoms. The topological polar surface area (TPSA) is 32.8 Å². The van der Waals surface area contributed by atoms with Crippen molar-refractivity contribution in [3.05, 3.63) is 71.3 Å². The maximum atomic E-state index is 12.8. The van der Waals surface area contributed by atoms with Crippen LogP contribution in [0.5, 0.6) is 0 Å². The van der Waals surface area contributed by atoms with Gasteiger partial charge in [-0.15, -0.1) is 0 Å². The predicted molar refractivity (Wildman–Crippen MR) is 116 cm³/mol. The standard InChI is InChI=1S/C25H32N2O2/c28-25(27-14-5-2-6-15-27)23-11-7-10-22(18-23)19-26-16-12-24(13-17-26)29-20-21-8-3-1-4-9-21/h1,3-4,7-11,18,24H,2,5-6,12-17,19-20H2. The molecule has 0 atom stereocenters. The SMILES string of the molecule is O=C(c1cccc(CN2CCC(OCc3ccccc3)CC2)c1)N1CCCCC1. The Bertz CT molecular complexity index is 778. The van der Waals surface area contributed by atoms with Crippen molar-refractivity contribution in [1.29, 1.82) is 0 Å². The molecule has 1 amide bonds. The van der Waals surface area contributed by atoms with Crippen LogP contribution in [0.1, 0.15) is 53.6 Å². The molecule has 0 bridgehead atoms. The van der Waals surface area contributed by atoms with E-state index < -0.39 is 0 Å². The van der Waals surface area contributed by atoms with Gasteiger partial charge in [-0.05, 0) is 55.4 Å². The Morgan fingerprint density at radius 2 is 1.59 bits per heavy atom. The van der Waals surface area contributed by atoms with E-state index in [-0.39, 0.29) is 5.91 Å². The van der Waals surface area contributed by atoms with Gasteiger partial charge in [0.25, 0.3) is 5.91 Å². The molecule has 2 aromatic carbocycles. The molecule has 2 aliphatic rings. The number of carbonyl (C=O) groups excluding carboxylic acids is 1. The van der Waals surface area contributed by atoms with Gasteiger partial charge in [-0.25, -0.2) is 0 Å². The summed E-state index contributed by atoms with van der Waals surface area (Å²) >= 11 is 0. The Morgan fingerprint density at radius 1 is 0.862 bits per heavy atom. The Kier molecular flexibility index (Phi) is 6.96. The Hall–Kier alpha value is -2.17. The van der Waals surface area contributed by atoms with Crippen LogP contribution in [0.3, 0.4) is 0 Å². The molecule has 4 nitrogen and oxygen atoms in total. The van der Waals surface area contributed by atoms with Crippen LogP contribution in [0.2, 0.25) is 0 Å². The summed E-state index contributed by atoms with van der Waals surface area (Å²) in [5.41, 5.74) is 3.31. The van der Waals surface area contributed by atoms with Crippen LogP contribution in [-0.4, -0.2) is 48.0 Å². The Morgan fingerprint density at radius 3 is 2.34 bits per heavy atom. The molecule has 2 aromatic rings. The van der Waals surface area contributed by atoms with E-state index in [0.717, 1.165) is 64.0 Å². The minimum absolute atomic E-state index is 0.194. The highest BCUT2D eigenvalue weighted by atomic mass is 16.5. The van der Waals surface area contributed by atoms with Gasteiger partial charge in [0.05, 0.1) is 12.7 Å². The summed E-state index contributed by atoms with van der Waals surface area (Å²) in [6, 6.07) is 18.6. The van der Waals surface area contributed by atoms with Crippen LogP contribution >= 0.6 is 0 Å². The van der Waals surface area contributed by atoms with Crippen LogP contribution in [0.4, 0.5) is 0 Å². The third kappa shape index (κ3) is 5.68. The van der Waals surface area contributed by atoms with E-state index in [2.05, 4.69) is 41.3 Å². The predicted octanol–water partition coefficient (Wildman–Crippen LogP) is 4.49. The zero-order chi connectivity index (χ0) is 19.9. The largest absolute Gasteiger partial charge is 0.373 e. The van der Waals surface area contributed by atoms with E-state index in [1.54, 1.807) is 0 Å². The summed E-state index contributed by atoms with van der Waals surface area (Å²) in [7, 11) is 0. The Labute approximate surface area is 174 Å². The normalized spacial score (nSPS) is 18.7. The molecule has 2 saturated heterocycles. The molecule has 0 spiro atoms. The van der Waals surface area contributed by atoms with E-state index >= 15 is 0 Å². The second-order valence-corrected chi connectivity index (χ2v) is 8.33. The molecule has 2 fully saturated rings. The van der Waals surface area contributed by atoms with E-state index in [1.807, 2.05) is 23.1 Å². The quantitative estimate of drug-likeness (QED) is 0.726. The van der Waals surface area contributed by atoms with Gasteiger partial charge >= 0.3 is 0 Å². The van der Waals surface area contributed by atoms with Crippen molar-refractivity contribution in [2.24, 2.45) is 0 Å². The third-order valence-electron chi connectivity index (χ3n) is 6.09. The highest BCUT2D eigenvalue weighted by Gasteiger charge is 2.21. The van der Waals surface area contributed by atoms with Crippen molar-refractivity contribution < 1.29 is 9.53 Å². The first-order valence-electron chi connectivity index (χ1n) is 11.0. The lowest BCUT2D eigenvalue weighted by atomic mass is 10.0. The number of benzene rings is 2. The number of carbonyl (C=O) groups is 1. The molecular weight excluding hydrogens is 360 g/mol. The second kappa shape index (κ2) is 10.0. The summed E-state index contributed by atoms with van der Waals surface area (Å²) in [6.45, 7) is 5.51. The number of piperidine rings is 2. The lowest BCUT2D eigenvalue weighted by Crippen LogP contribution is -2.37. The second-order valence-electron chi connectivity index (χ2n) is 8.33. The van der Waals surface area contributed by atoms with Crippen LogP contribution in [0.15, 0.2) is 54.6 Å². The van der Waals surface area contributed by atoms with E-state index in [9.17, 15) is 4.79 Å². The minimum Gasteiger partial charge on any atom is -0.373 e. The maximum Gasteiger partial charge on any atom is 0.253 e. The number of ether oxygens (including phenoxy) is 1. The monoisotopic (exact) mass is 392 g/mol. The lowest BCUT2D eigenvalue weighted by Gasteiger charge is -2.32. The van der Waals surface area contributed by atoms with Gasteiger partial charge in [-0.1, -0.05) is 42.5 Å². The summed E-state index contributed by atoms with van der Waals surface area (Å²) in [5.74, 6) is 0.194. The highest BCUT2D eigenvalue weighted by molar-refractivity contribution is 5.94. The fourth-order valence-electron chi connectivity index (χ4n) is 4.36. The van der Waals surface area contributed by atoms with Gasteiger partial charge in [0, 0.05) is 38.3 Å². The van der Waals surface area contributed by atoms with Gasteiger partial charge in [0.1, 0.15) is 0 Å². The lowest BCUT2D eigenvalue weighted by molar-refractivity contribution is -0.00394. The first kappa shape index (κ1) is 20.1. The molecule has 154 valence electrons. The summed E-state index contributed by atoms with van der Waals surface area (Å²) in [6.07, 6.45) is 5.99. The molecule has 0 aromatic heterocycles. The summed E-state index contributed by atoms with van der Waals surface area (Å²) in [5, 5.41) is 0. The molecule has 0 saturated carbocycles. The van der Waals surface area contributed by atoms with Gasteiger partial charge in [0.2, 0.25) is 0 Å². The molecule has 0 N–H and O–H groups in total. The van der Waals surface area contributed by atoms with E-state index in [1.165, 1.54) is 17.5 Å². The number of amides is 1. The van der Waals surface area contributed by atoms with Gasteiger partial charge < -0.3 is 9.64 Å². The fraction of sp³-hybridized carbons (Fsp3) is 0.480. The number of hydrogen-bond donors (Lipinski definition) is 0. The molecule has 0 radical (unpaired) electrons. The van der Waals surface area contributed by atoms with Crippen molar-refractivity contribution >= 4 is 5.91 Å². The van der Waals surface area contributed by atoms with Crippen LogP contribution in [0, 0.1) is 0 Å². The van der Waals surface area contributed by atoms with Crippen molar-refractivity contribution in [2.75, 3.05) is 26.2 Å². The molecule has 2 aliphatic heterocycles. The van der Waals surface area contributed by atoms with Crippen molar-refractivity contribution in [2.45, 2.75) is 51.4 Å². The maximum absolute atomic E-state index is 12.8. The van der Waals surface area contributed by atoms with E-state index in [0.29, 0.717) is 12.7 Å². The number of hydrogen-bond acceptors (Lipinski definition) is 3. The fourth-order valence-corrected chi connectivity index (χ4v) is 4.36. The van der Waals surface area contributed by atoms with Crippen molar-refractivity contribution in [3.8, 4) is 0 Å². The molecule has 2 heterocycles. The molecule has 0 unspecified atom stereocenters. The number of likely N-dealkylation sites (tertiary alicyclic amines) is 2. The highest BCUT2D eigenvalue weighted by Crippen LogP contribution is 2.19. The number of nitrogens with zero attached hydrogens (tertiary/aromatic N) is 2. The molecule has 0 aliphatic carbocycles. The minimum atomic E-state index is 0.194. The van der Waals surface area contributed by atoms with Crippen LogP contribution in [0.25, 0.3) is 0 Å². The van der Waals surface area contributed by atoms with Gasteiger partial charge in [-0.2, -0.15) is 0 Å². The zero-order valence-corrected chi connectivity index (χ0v) is 17.3. The van der Waals surface area contributed by atoms with Crippen molar-refractivity contribution in [1.82, 2.24) is 9.80 Å². The first-order chi connectivity index (χ1) is 14.3. The smallest absolute Gasteiger partial charge is 0.253 e. The Balaban J connectivity index is 1.25. The van der Waals surface area contributed by atoms with Crippen LogP contribution < -0.4 is 0 Å². The summed E-state index contributed by atoms with van der Waals surface area (Å²) < 4.78 is 6.11. The third-order valence-corrected chi connectivity index (χ3v) is 6.09. The molecule has 4 heteroatoms. The average molecular weight is 393 g/mol.